The largest absolute Gasteiger partial charge is 0.391 e. The van der Waals surface area contributed by atoms with Gasteiger partial charge in [0.05, 0.1) is 12.2 Å². The van der Waals surface area contributed by atoms with E-state index in [1.807, 2.05) is 0 Å². The Hall–Kier alpha value is -0.390. The molecule has 1 aliphatic rings. The van der Waals surface area contributed by atoms with Gasteiger partial charge in [0.25, 0.3) is 0 Å². The van der Waals surface area contributed by atoms with Crippen molar-refractivity contribution in [3.63, 3.8) is 0 Å². The van der Waals surface area contributed by atoms with Crippen LogP contribution in [0.5, 0.6) is 0 Å². The van der Waals surface area contributed by atoms with E-state index in [4.69, 9.17) is 14.4 Å². The summed E-state index contributed by atoms with van der Waals surface area (Å²) in [7, 11) is 0. The van der Waals surface area contributed by atoms with Crippen LogP contribution in [0.1, 0.15) is 36.7 Å². The van der Waals surface area contributed by atoms with Crippen LogP contribution in [0.25, 0.3) is 0 Å². The molecule has 2 rings (SSSR count). The smallest absolute Gasteiger partial charge is 0.172 e. The van der Waals surface area contributed by atoms with Gasteiger partial charge in [-0.3, -0.25) is 0 Å². The van der Waals surface area contributed by atoms with Gasteiger partial charge in [-0.25, -0.2) is 0 Å². The van der Waals surface area contributed by atoms with E-state index >= 15 is 0 Å². The second-order valence-electron chi connectivity index (χ2n) is 3.33. The number of hydrogen-bond acceptors (Lipinski definition) is 4. The lowest BCUT2D eigenvalue weighted by atomic mass is 10.0. The van der Waals surface area contributed by atoms with Gasteiger partial charge in [-0.15, -0.1) is 0 Å². The van der Waals surface area contributed by atoms with E-state index in [9.17, 15) is 0 Å². The van der Waals surface area contributed by atoms with Gasteiger partial charge < -0.3 is 14.4 Å². The van der Waals surface area contributed by atoms with E-state index in [2.05, 4.69) is 21.1 Å². The molecule has 1 aromatic rings. The molecule has 1 saturated heterocycles. The molecule has 0 bridgehead atoms. The first-order chi connectivity index (χ1) is 6.83. The van der Waals surface area contributed by atoms with Crippen molar-refractivity contribution in [2.75, 3.05) is 6.61 Å². The monoisotopic (exact) mass is 261 g/mol. The lowest BCUT2D eigenvalue weighted by Gasteiger charge is -2.20. The summed E-state index contributed by atoms with van der Waals surface area (Å²) in [6.07, 6.45) is 3.13. The van der Waals surface area contributed by atoms with Gasteiger partial charge in [-0.1, -0.05) is 5.16 Å². The molecule has 14 heavy (non-hydrogen) atoms. The zero-order valence-electron chi connectivity index (χ0n) is 7.70. The van der Waals surface area contributed by atoms with Crippen LogP contribution in [0.15, 0.2) is 9.13 Å². The molecule has 0 aliphatic carbocycles. The Labute approximate surface area is 90.4 Å². The number of rotatable bonds is 2. The minimum absolute atomic E-state index is 0.0373. The standard InChI is InChI=1S/C9H12BrNO3/c10-9-6(5-12)8(14-11-9)7-3-1-2-4-13-7/h7,12H,1-5H2. The van der Waals surface area contributed by atoms with Crippen LogP contribution in [0.3, 0.4) is 0 Å². The predicted octanol–water partition coefficient (Wildman–Crippen LogP) is 2.17. The van der Waals surface area contributed by atoms with Gasteiger partial charge in [0.15, 0.2) is 10.4 Å². The van der Waals surface area contributed by atoms with Crippen LogP contribution in [-0.4, -0.2) is 16.9 Å². The average molecular weight is 262 g/mol. The molecule has 5 heteroatoms. The molecule has 1 atom stereocenters. The Morgan fingerprint density at radius 3 is 3.00 bits per heavy atom. The van der Waals surface area contributed by atoms with E-state index in [0.29, 0.717) is 15.9 Å². The Balaban J connectivity index is 2.21. The molecule has 1 fully saturated rings. The molecular weight excluding hydrogens is 250 g/mol. The average Bonchev–Trinajstić information content (AvgIpc) is 2.61. The summed E-state index contributed by atoms with van der Waals surface area (Å²) in [6.45, 7) is 0.688. The highest BCUT2D eigenvalue weighted by molar-refractivity contribution is 9.10. The number of aliphatic hydroxyl groups excluding tert-OH is 1. The molecule has 2 heterocycles. The molecule has 0 spiro atoms. The van der Waals surface area contributed by atoms with Crippen molar-refractivity contribution >= 4 is 15.9 Å². The Bertz CT molecular complexity index is 307. The molecule has 1 unspecified atom stereocenters. The van der Waals surface area contributed by atoms with Crippen molar-refractivity contribution < 1.29 is 14.4 Å². The van der Waals surface area contributed by atoms with Gasteiger partial charge in [0.2, 0.25) is 0 Å². The molecule has 0 radical (unpaired) electrons. The zero-order chi connectivity index (χ0) is 9.97. The maximum atomic E-state index is 9.13. The molecular formula is C9H12BrNO3. The van der Waals surface area contributed by atoms with Crippen LogP contribution in [0.2, 0.25) is 0 Å². The SMILES string of the molecule is OCc1c(Br)noc1C1CCCCO1. The normalized spacial score (nSPS) is 22.6. The summed E-state index contributed by atoms with van der Waals surface area (Å²) in [4.78, 5) is 0. The summed E-state index contributed by atoms with van der Waals surface area (Å²) in [5.41, 5.74) is 0.705. The molecule has 0 saturated carbocycles. The highest BCUT2D eigenvalue weighted by Gasteiger charge is 2.25. The number of nitrogens with zero attached hydrogens (tertiary/aromatic N) is 1. The van der Waals surface area contributed by atoms with Gasteiger partial charge in [-0.2, -0.15) is 0 Å². The van der Waals surface area contributed by atoms with E-state index in [1.165, 1.54) is 0 Å². The van der Waals surface area contributed by atoms with Crippen molar-refractivity contribution in [1.82, 2.24) is 5.16 Å². The highest BCUT2D eigenvalue weighted by atomic mass is 79.9. The fourth-order valence-corrected chi connectivity index (χ4v) is 2.04. The lowest BCUT2D eigenvalue weighted by Crippen LogP contribution is -2.12. The molecule has 1 N–H and O–H groups in total. The molecule has 1 aliphatic heterocycles. The van der Waals surface area contributed by atoms with Crippen molar-refractivity contribution in [2.24, 2.45) is 0 Å². The molecule has 1 aromatic heterocycles. The van der Waals surface area contributed by atoms with Crippen LogP contribution < -0.4 is 0 Å². The third kappa shape index (κ3) is 1.85. The lowest BCUT2D eigenvalue weighted by molar-refractivity contribution is -0.00272. The van der Waals surface area contributed by atoms with Crippen molar-refractivity contribution in [3.05, 3.63) is 15.9 Å². The van der Waals surface area contributed by atoms with Gasteiger partial charge in [0.1, 0.15) is 6.10 Å². The molecule has 4 nitrogen and oxygen atoms in total. The zero-order valence-corrected chi connectivity index (χ0v) is 9.29. The van der Waals surface area contributed by atoms with Crippen molar-refractivity contribution in [1.29, 1.82) is 0 Å². The van der Waals surface area contributed by atoms with Gasteiger partial charge in [-0.05, 0) is 35.2 Å². The first kappa shape index (κ1) is 10.1. The minimum atomic E-state index is -0.0702. The summed E-state index contributed by atoms with van der Waals surface area (Å²) in [5, 5.41) is 12.9. The molecule has 0 amide bonds. The fraction of sp³-hybridized carbons (Fsp3) is 0.667. The number of halogens is 1. The van der Waals surface area contributed by atoms with Crippen LogP contribution in [-0.2, 0) is 11.3 Å². The van der Waals surface area contributed by atoms with E-state index in [0.717, 1.165) is 25.9 Å². The van der Waals surface area contributed by atoms with Crippen molar-refractivity contribution in [3.8, 4) is 0 Å². The molecule has 78 valence electrons. The molecule has 0 aromatic carbocycles. The third-order valence-corrected chi connectivity index (χ3v) is 3.02. The van der Waals surface area contributed by atoms with E-state index in [1.54, 1.807) is 0 Å². The Kier molecular flexibility index (Phi) is 3.20. The first-order valence-electron chi connectivity index (χ1n) is 4.69. The highest BCUT2D eigenvalue weighted by Crippen LogP contribution is 2.33. The summed E-state index contributed by atoms with van der Waals surface area (Å²) >= 11 is 3.22. The number of hydrogen-bond donors (Lipinski definition) is 1. The quantitative estimate of drug-likeness (QED) is 0.887. The maximum Gasteiger partial charge on any atom is 0.172 e. The second-order valence-corrected chi connectivity index (χ2v) is 4.08. The summed E-state index contributed by atoms with van der Waals surface area (Å²) in [6, 6.07) is 0. The number of aromatic nitrogens is 1. The van der Waals surface area contributed by atoms with E-state index in [-0.39, 0.29) is 12.7 Å². The summed E-state index contributed by atoms with van der Waals surface area (Å²) in [5.74, 6) is 0.666. The first-order valence-corrected chi connectivity index (χ1v) is 5.48. The van der Waals surface area contributed by atoms with Gasteiger partial charge >= 0.3 is 0 Å². The fourth-order valence-electron chi connectivity index (χ4n) is 1.64. The Morgan fingerprint density at radius 1 is 1.50 bits per heavy atom. The number of aliphatic hydroxyl groups is 1. The summed E-state index contributed by atoms with van der Waals surface area (Å²) < 4.78 is 11.3. The van der Waals surface area contributed by atoms with Crippen LogP contribution in [0.4, 0.5) is 0 Å². The van der Waals surface area contributed by atoms with E-state index < -0.39 is 0 Å². The maximum absolute atomic E-state index is 9.13. The van der Waals surface area contributed by atoms with Gasteiger partial charge in [0, 0.05) is 6.61 Å². The second kappa shape index (κ2) is 4.42. The minimum Gasteiger partial charge on any atom is -0.391 e. The van der Waals surface area contributed by atoms with Crippen LogP contribution in [0, 0.1) is 0 Å². The Morgan fingerprint density at radius 2 is 2.36 bits per heavy atom. The third-order valence-electron chi connectivity index (χ3n) is 2.40. The number of ether oxygens (including phenoxy) is 1. The van der Waals surface area contributed by atoms with Crippen LogP contribution >= 0.6 is 15.9 Å². The predicted molar refractivity (Wildman–Crippen MR) is 52.7 cm³/mol. The topological polar surface area (TPSA) is 55.5 Å². The van der Waals surface area contributed by atoms with Crippen molar-refractivity contribution in [2.45, 2.75) is 32.0 Å².